The Bertz CT molecular complexity index is 266. The van der Waals surface area contributed by atoms with Gasteiger partial charge in [-0.3, -0.25) is 20.3 Å². The Balaban J connectivity index is 2.22. The molecule has 2 saturated heterocycles. The van der Waals surface area contributed by atoms with Crippen molar-refractivity contribution in [2.24, 2.45) is 17.7 Å². The largest absolute Gasteiger partial charge is 0.285 e. The van der Waals surface area contributed by atoms with Crippen LogP contribution in [-0.4, -0.2) is 41.9 Å². The summed E-state index contributed by atoms with van der Waals surface area (Å²) < 4.78 is 0. The van der Waals surface area contributed by atoms with Gasteiger partial charge in [-0.05, 0) is 6.42 Å². The smallest absolute Gasteiger partial charge is 0.234 e. The lowest BCUT2D eigenvalue weighted by atomic mass is 9.88. The number of hydrogen-bond donors (Lipinski definition) is 1. The van der Waals surface area contributed by atoms with Gasteiger partial charge in [0, 0.05) is 20.1 Å². The average molecular weight is 183 g/mol. The summed E-state index contributed by atoms with van der Waals surface area (Å²) in [5.41, 5.74) is 0. The number of amides is 2. The summed E-state index contributed by atoms with van der Waals surface area (Å²) in [6, 6.07) is 0. The molecule has 0 saturated carbocycles. The first-order valence-electron chi connectivity index (χ1n) is 4.42. The van der Waals surface area contributed by atoms with Crippen molar-refractivity contribution in [1.82, 2.24) is 9.91 Å². The summed E-state index contributed by atoms with van der Waals surface area (Å²) in [5.74, 6) is 5.17. The second-order valence-electron chi connectivity index (χ2n) is 3.73. The van der Waals surface area contributed by atoms with Crippen LogP contribution in [0.25, 0.3) is 0 Å². The average Bonchev–Trinajstić information content (AvgIpc) is 2.32. The van der Waals surface area contributed by atoms with Gasteiger partial charge in [0.2, 0.25) is 11.8 Å². The first-order chi connectivity index (χ1) is 6.11. The Morgan fingerprint density at radius 2 is 1.92 bits per heavy atom. The van der Waals surface area contributed by atoms with E-state index in [2.05, 4.69) is 0 Å². The topological polar surface area (TPSA) is 66.6 Å². The minimum Gasteiger partial charge on any atom is -0.285 e. The Kier molecular flexibility index (Phi) is 1.85. The molecule has 0 unspecified atom stereocenters. The molecule has 13 heavy (non-hydrogen) atoms. The molecule has 2 atom stereocenters. The van der Waals surface area contributed by atoms with E-state index >= 15 is 0 Å². The molecule has 0 aromatic heterocycles. The van der Waals surface area contributed by atoms with Gasteiger partial charge in [0.05, 0.1) is 11.8 Å². The van der Waals surface area contributed by atoms with Crippen molar-refractivity contribution in [3.63, 3.8) is 0 Å². The van der Waals surface area contributed by atoms with Crippen LogP contribution in [0.3, 0.4) is 0 Å². The number of rotatable bonds is 0. The van der Waals surface area contributed by atoms with Crippen LogP contribution in [0.4, 0.5) is 0 Å². The molecule has 0 radical (unpaired) electrons. The van der Waals surface area contributed by atoms with Gasteiger partial charge in [-0.25, -0.2) is 5.01 Å². The number of nitrogens with two attached hydrogens (primary N) is 1. The molecule has 2 heterocycles. The highest BCUT2D eigenvalue weighted by atomic mass is 16.2. The lowest BCUT2D eigenvalue weighted by Gasteiger charge is -2.28. The first kappa shape index (κ1) is 8.65. The van der Waals surface area contributed by atoms with Gasteiger partial charge in [-0.15, -0.1) is 0 Å². The molecule has 0 bridgehead atoms. The molecular formula is C8H13N3O2. The van der Waals surface area contributed by atoms with E-state index in [4.69, 9.17) is 5.84 Å². The monoisotopic (exact) mass is 183 g/mol. The maximum atomic E-state index is 11.5. The minimum absolute atomic E-state index is 0.0388. The van der Waals surface area contributed by atoms with E-state index < -0.39 is 0 Å². The van der Waals surface area contributed by atoms with Crippen LogP contribution >= 0.6 is 0 Å². The number of carbonyl (C=O) groups is 2. The number of hydrazine groups is 1. The second-order valence-corrected chi connectivity index (χ2v) is 3.73. The number of hydrogen-bond acceptors (Lipinski definition) is 4. The van der Waals surface area contributed by atoms with Crippen molar-refractivity contribution in [2.75, 3.05) is 20.1 Å². The third-order valence-corrected chi connectivity index (χ3v) is 2.94. The van der Waals surface area contributed by atoms with Gasteiger partial charge in [0.1, 0.15) is 0 Å². The number of imide groups is 1. The maximum absolute atomic E-state index is 11.5. The molecule has 5 heteroatoms. The Morgan fingerprint density at radius 3 is 2.62 bits per heavy atom. The van der Waals surface area contributed by atoms with Crippen molar-refractivity contribution in [3.8, 4) is 0 Å². The number of piperidine rings is 1. The molecule has 2 fully saturated rings. The lowest BCUT2D eigenvalue weighted by Crippen LogP contribution is -2.45. The Morgan fingerprint density at radius 1 is 1.31 bits per heavy atom. The predicted molar refractivity (Wildman–Crippen MR) is 45.1 cm³/mol. The van der Waals surface area contributed by atoms with Crippen LogP contribution in [0.2, 0.25) is 0 Å². The third kappa shape index (κ3) is 1.15. The van der Waals surface area contributed by atoms with E-state index in [-0.39, 0.29) is 23.7 Å². The van der Waals surface area contributed by atoms with Crippen LogP contribution in [0.15, 0.2) is 0 Å². The molecule has 5 nitrogen and oxygen atoms in total. The molecule has 0 aliphatic carbocycles. The fourth-order valence-corrected chi connectivity index (χ4v) is 2.13. The predicted octanol–water partition coefficient (Wildman–Crippen LogP) is -1.20. The van der Waals surface area contributed by atoms with Crippen molar-refractivity contribution >= 4 is 11.8 Å². The van der Waals surface area contributed by atoms with E-state index in [1.807, 2.05) is 0 Å². The van der Waals surface area contributed by atoms with Gasteiger partial charge >= 0.3 is 0 Å². The molecule has 72 valence electrons. The zero-order valence-corrected chi connectivity index (χ0v) is 7.56. The summed E-state index contributed by atoms with van der Waals surface area (Å²) in [6.07, 6.45) is 0.704. The quantitative estimate of drug-likeness (QED) is 0.378. The molecule has 2 N–H and O–H groups in total. The highest BCUT2D eigenvalue weighted by molar-refractivity contribution is 6.05. The lowest BCUT2D eigenvalue weighted by molar-refractivity contribution is -0.138. The van der Waals surface area contributed by atoms with E-state index in [1.54, 1.807) is 12.1 Å². The van der Waals surface area contributed by atoms with Crippen molar-refractivity contribution in [1.29, 1.82) is 0 Å². The summed E-state index contributed by atoms with van der Waals surface area (Å²) in [5, 5.41) is 1.62. The minimum atomic E-state index is -0.198. The Labute approximate surface area is 76.4 Å². The highest BCUT2D eigenvalue weighted by Gasteiger charge is 2.47. The molecule has 0 spiro atoms. The Hall–Kier alpha value is -0.940. The fourth-order valence-electron chi connectivity index (χ4n) is 2.13. The third-order valence-electron chi connectivity index (χ3n) is 2.94. The number of nitrogens with zero attached hydrogens (tertiary/aromatic N) is 2. The summed E-state index contributed by atoms with van der Waals surface area (Å²) in [4.78, 5) is 24.3. The van der Waals surface area contributed by atoms with Gasteiger partial charge in [-0.1, -0.05) is 0 Å². The number of likely N-dealkylation sites (tertiary alicyclic amines) is 1. The van der Waals surface area contributed by atoms with Crippen molar-refractivity contribution in [2.45, 2.75) is 6.42 Å². The van der Waals surface area contributed by atoms with E-state index in [0.29, 0.717) is 19.5 Å². The van der Waals surface area contributed by atoms with E-state index in [1.165, 1.54) is 4.90 Å². The van der Waals surface area contributed by atoms with Crippen LogP contribution in [0, 0.1) is 11.8 Å². The molecule has 2 amide bonds. The molecule has 2 aliphatic heterocycles. The molecule has 2 aliphatic rings. The molecule has 0 aromatic rings. The summed E-state index contributed by atoms with van der Waals surface area (Å²) in [7, 11) is 1.55. The number of carbonyl (C=O) groups excluding carboxylic acids is 2. The summed E-state index contributed by atoms with van der Waals surface area (Å²) in [6.45, 7) is 1.22. The van der Waals surface area contributed by atoms with Crippen LogP contribution < -0.4 is 5.84 Å². The van der Waals surface area contributed by atoms with Crippen LogP contribution in [0.5, 0.6) is 0 Å². The molecule has 2 rings (SSSR count). The zero-order valence-electron chi connectivity index (χ0n) is 7.56. The van der Waals surface area contributed by atoms with E-state index in [0.717, 1.165) is 0 Å². The normalized spacial score (nSPS) is 35.4. The van der Waals surface area contributed by atoms with Crippen molar-refractivity contribution < 1.29 is 9.59 Å². The van der Waals surface area contributed by atoms with Gasteiger partial charge < -0.3 is 0 Å². The van der Waals surface area contributed by atoms with Gasteiger partial charge in [-0.2, -0.15) is 0 Å². The SMILES string of the molecule is CN1C(=O)[C@H]2CCN(N)C[C@H]2C1=O. The standard InChI is InChI=1S/C8H13N3O2/c1-10-7(12)5-2-3-11(9)4-6(5)8(10)13/h5-6H,2-4,9H2,1H3/t5-,6+/m0/s1. The first-order valence-corrected chi connectivity index (χ1v) is 4.42. The zero-order chi connectivity index (χ0) is 9.59. The number of fused-ring (bicyclic) bond motifs is 1. The van der Waals surface area contributed by atoms with Crippen LogP contribution in [0.1, 0.15) is 6.42 Å². The molecule has 0 aromatic carbocycles. The second kappa shape index (κ2) is 2.78. The van der Waals surface area contributed by atoms with Crippen molar-refractivity contribution in [3.05, 3.63) is 0 Å². The molecular weight excluding hydrogens is 170 g/mol. The van der Waals surface area contributed by atoms with Crippen LogP contribution in [-0.2, 0) is 9.59 Å². The fraction of sp³-hybridized carbons (Fsp3) is 0.750. The van der Waals surface area contributed by atoms with Gasteiger partial charge in [0.25, 0.3) is 0 Å². The van der Waals surface area contributed by atoms with E-state index in [9.17, 15) is 9.59 Å². The summed E-state index contributed by atoms with van der Waals surface area (Å²) >= 11 is 0. The maximum Gasteiger partial charge on any atom is 0.234 e. The highest BCUT2D eigenvalue weighted by Crippen LogP contribution is 2.31. The van der Waals surface area contributed by atoms with Gasteiger partial charge in [0.15, 0.2) is 0 Å².